The van der Waals surface area contributed by atoms with Crippen molar-refractivity contribution in [2.24, 2.45) is 5.73 Å². The van der Waals surface area contributed by atoms with E-state index in [-0.39, 0.29) is 11.9 Å². The van der Waals surface area contributed by atoms with Crippen LogP contribution in [-0.2, 0) is 0 Å². The van der Waals surface area contributed by atoms with Crippen molar-refractivity contribution in [3.8, 4) is 0 Å². The van der Waals surface area contributed by atoms with Gasteiger partial charge in [-0.3, -0.25) is 4.79 Å². The van der Waals surface area contributed by atoms with Gasteiger partial charge in [0, 0.05) is 19.1 Å². The number of aryl methyl sites for hydroxylation is 2. The number of thiazole rings is 1. The SMILES string of the molecule is Cc1nc(C)c(C(=O)N2CCCC(N)C2)s1. The average molecular weight is 239 g/mol. The van der Waals surface area contributed by atoms with Crippen LogP contribution >= 0.6 is 11.3 Å². The Hall–Kier alpha value is -0.940. The molecule has 1 aromatic heterocycles. The smallest absolute Gasteiger partial charge is 0.265 e. The first kappa shape index (κ1) is 11.5. The highest BCUT2D eigenvalue weighted by Gasteiger charge is 2.24. The van der Waals surface area contributed by atoms with Gasteiger partial charge in [-0.2, -0.15) is 0 Å². The van der Waals surface area contributed by atoms with Gasteiger partial charge in [0.15, 0.2) is 0 Å². The van der Waals surface area contributed by atoms with Crippen molar-refractivity contribution < 1.29 is 4.79 Å². The van der Waals surface area contributed by atoms with E-state index in [1.807, 2.05) is 18.7 Å². The summed E-state index contributed by atoms with van der Waals surface area (Å²) in [5.41, 5.74) is 6.72. The van der Waals surface area contributed by atoms with Gasteiger partial charge in [-0.05, 0) is 26.7 Å². The Kier molecular flexibility index (Phi) is 3.25. The van der Waals surface area contributed by atoms with Crippen LogP contribution in [-0.4, -0.2) is 34.9 Å². The van der Waals surface area contributed by atoms with Crippen LogP contribution in [0, 0.1) is 13.8 Å². The minimum Gasteiger partial charge on any atom is -0.336 e. The van der Waals surface area contributed by atoms with E-state index in [1.54, 1.807) is 0 Å². The molecule has 0 spiro atoms. The molecule has 1 atom stereocenters. The monoisotopic (exact) mass is 239 g/mol. The van der Waals surface area contributed by atoms with Crippen molar-refractivity contribution >= 4 is 17.2 Å². The maximum absolute atomic E-state index is 12.2. The number of aromatic nitrogens is 1. The second-order valence-electron chi connectivity index (χ2n) is 4.30. The quantitative estimate of drug-likeness (QED) is 0.804. The summed E-state index contributed by atoms with van der Waals surface area (Å²) in [5.74, 6) is 0.0956. The molecule has 1 aliphatic heterocycles. The van der Waals surface area contributed by atoms with Crippen LogP contribution in [0.15, 0.2) is 0 Å². The predicted molar refractivity (Wildman–Crippen MR) is 64.7 cm³/mol. The Bertz CT molecular complexity index is 402. The van der Waals surface area contributed by atoms with Gasteiger partial charge in [0.1, 0.15) is 4.88 Å². The highest BCUT2D eigenvalue weighted by atomic mass is 32.1. The van der Waals surface area contributed by atoms with Crippen LogP contribution in [0.1, 0.15) is 33.2 Å². The molecule has 1 fully saturated rings. The molecule has 0 bridgehead atoms. The minimum absolute atomic E-state index is 0.0956. The van der Waals surface area contributed by atoms with Crippen LogP contribution in [0.2, 0.25) is 0 Å². The van der Waals surface area contributed by atoms with Crippen LogP contribution in [0.3, 0.4) is 0 Å². The molecular formula is C11H17N3OS. The highest BCUT2D eigenvalue weighted by molar-refractivity contribution is 7.13. The molecule has 2 heterocycles. The van der Waals surface area contributed by atoms with Gasteiger partial charge < -0.3 is 10.6 Å². The number of hydrogen-bond donors (Lipinski definition) is 1. The summed E-state index contributed by atoms with van der Waals surface area (Å²) in [5, 5.41) is 0.946. The zero-order chi connectivity index (χ0) is 11.7. The standard InChI is InChI=1S/C11H17N3OS/c1-7-10(16-8(2)13-7)11(15)14-5-3-4-9(12)6-14/h9H,3-6,12H2,1-2H3. The molecule has 5 heteroatoms. The summed E-state index contributed by atoms with van der Waals surface area (Å²) < 4.78 is 0. The topological polar surface area (TPSA) is 59.2 Å². The van der Waals surface area contributed by atoms with Crippen molar-refractivity contribution in [1.82, 2.24) is 9.88 Å². The van der Waals surface area contributed by atoms with E-state index in [9.17, 15) is 4.79 Å². The van der Waals surface area contributed by atoms with E-state index in [2.05, 4.69) is 4.98 Å². The van der Waals surface area contributed by atoms with Crippen molar-refractivity contribution in [1.29, 1.82) is 0 Å². The number of amides is 1. The number of piperidine rings is 1. The lowest BCUT2D eigenvalue weighted by Crippen LogP contribution is -2.45. The summed E-state index contributed by atoms with van der Waals surface area (Å²) in [4.78, 5) is 19.1. The maximum Gasteiger partial charge on any atom is 0.265 e. The molecule has 0 saturated carbocycles. The molecule has 2 rings (SSSR count). The molecule has 16 heavy (non-hydrogen) atoms. The number of nitrogens with two attached hydrogens (primary N) is 1. The first-order chi connectivity index (χ1) is 7.58. The number of carbonyl (C=O) groups excluding carboxylic acids is 1. The molecule has 1 saturated heterocycles. The van der Waals surface area contributed by atoms with Gasteiger partial charge in [-0.1, -0.05) is 0 Å². The van der Waals surface area contributed by atoms with Gasteiger partial charge in [-0.25, -0.2) is 4.98 Å². The molecule has 0 aromatic carbocycles. The third kappa shape index (κ3) is 2.25. The summed E-state index contributed by atoms with van der Waals surface area (Å²) >= 11 is 1.47. The lowest BCUT2D eigenvalue weighted by Gasteiger charge is -2.30. The fraction of sp³-hybridized carbons (Fsp3) is 0.636. The molecule has 4 nitrogen and oxygen atoms in total. The normalized spacial score (nSPS) is 21.2. The zero-order valence-electron chi connectivity index (χ0n) is 9.69. The van der Waals surface area contributed by atoms with E-state index >= 15 is 0 Å². The third-order valence-corrected chi connectivity index (χ3v) is 3.90. The van der Waals surface area contributed by atoms with Crippen molar-refractivity contribution in [3.05, 3.63) is 15.6 Å². The lowest BCUT2D eigenvalue weighted by molar-refractivity contribution is 0.0713. The van der Waals surface area contributed by atoms with E-state index in [0.29, 0.717) is 6.54 Å². The van der Waals surface area contributed by atoms with Crippen molar-refractivity contribution in [2.75, 3.05) is 13.1 Å². The molecule has 2 N–H and O–H groups in total. The maximum atomic E-state index is 12.2. The average Bonchev–Trinajstić information content (AvgIpc) is 2.57. The largest absolute Gasteiger partial charge is 0.336 e. The van der Waals surface area contributed by atoms with Crippen LogP contribution in [0.5, 0.6) is 0 Å². The highest BCUT2D eigenvalue weighted by Crippen LogP contribution is 2.21. The fourth-order valence-electron chi connectivity index (χ4n) is 2.07. The Balaban J connectivity index is 2.15. The van der Waals surface area contributed by atoms with Crippen LogP contribution < -0.4 is 5.73 Å². The van der Waals surface area contributed by atoms with E-state index < -0.39 is 0 Å². The summed E-state index contributed by atoms with van der Waals surface area (Å²) in [6.07, 6.45) is 2.02. The first-order valence-corrected chi connectivity index (χ1v) is 6.38. The molecular weight excluding hydrogens is 222 g/mol. The van der Waals surface area contributed by atoms with Gasteiger partial charge in [0.2, 0.25) is 0 Å². The molecule has 0 radical (unpaired) electrons. The van der Waals surface area contributed by atoms with Gasteiger partial charge in [0.25, 0.3) is 5.91 Å². The van der Waals surface area contributed by atoms with Gasteiger partial charge in [0.05, 0.1) is 10.7 Å². The van der Waals surface area contributed by atoms with E-state index in [0.717, 1.165) is 35.0 Å². The first-order valence-electron chi connectivity index (χ1n) is 5.57. The number of rotatable bonds is 1. The summed E-state index contributed by atoms with van der Waals surface area (Å²) in [7, 11) is 0. The Labute approximate surface area is 99.5 Å². The Morgan fingerprint density at radius 1 is 1.56 bits per heavy atom. The van der Waals surface area contributed by atoms with E-state index in [1.165, 1.54) is 11.3 Å². The number of nitrogens with zero attached hydrogens (tertiary/aromatic N) is 2. The van der Waals surface area contributed by atoms with E-state index in [4.69, 9.17) is 5.73 Å². The molecule has 0 aliphatic carbocycles. The van der Waals surface area contributed by atoms with Crippen LogP contribution in [0.25, 0.3) is 0 Å². The van der Waals surface area contributed by atoms with Gasteiger partial charge >= 0.3 is 0 Å². The second-order valence-corrected chi connectivity index (χ2v) is 5.50. The van der Waals surface area contributed by atoms with Crippen LogP contribution in [0.4, 0.5) is 0 Å². The summed E-state index contributed by atoms with van der Waals surface area (Å²) in [6.45, 7) is 5.31. The molecule has 88 valence electrons. The molecule has 1 unspecified atom stereocenters. The molecule has 1 aliphatic rings. The Morgan fingerprint density at radius 2 is 2.31 bits per heavy atom. The Morgan fingerprint density at radius 3 is 2.88 bits per heavy atom. The number of likely N-dealkylation sites (tertiary alicyclic amines) is 1. The number of carbonyl (C=O) groups is 1. The fourth-order valence-corrected chi connectivity index (χ4v) is 2.96. The summed E-state index contributed by atoms with van der Waals surface area (Å²) in [6, 6.07) is 0.132. The molecule has 1 amide bonds. The minimum atomic E-state index is 0.0956. The molecule has 1 aromatic rings. The number of hydrogen-bond acceptors (Lipinski definition) is 4. The van der Waals surface area contributed by atoms with Gasteiger partial charge in [-0.15, -0.1) is 11.3 Å². The zero-order valence-corrected chi connectivity index (χ0v) is 10.5. The third-order valence-electron chi connectivity index (χ3n) is 2.84. The predicted octanol–water partition coefficient (Wildman–Crippen LogP) is 1.32. The van der Waals surface area contributed by atoms with Crippen molar-refractivity contribution in [3.63, 3.8) is 0 Å². The second kappa shape index (κ2) is 4.51. The van der Waals surface area contributed by atoms with Crippen molar-refractivity contribution in [2.45, 2.75) is 32.7 Å². The lowest BCUT2D eigenvalue weighted by atomic mass is 10.1.